The number of nitrogens with one attached hydrogen (secondary N) is 2. The number of hydrogen-bond donors (Lipinski definition) is 3. The summed E-state index contributed by atoms with van der Waals surface area (Å²) >= 11 is 0. The second kappa shape index (κ2) is 9.12. The van der Waals surface area contributed by atoms with Gasteiger partial charge >= 0.3 is 0 Å². The van der Waals surface area contributed by atoms with Gasteiger partial charge in [0.15, 0.2) is 0 Å². The highest BCUT2D eigenvalue weighted by molar-refractivity contribution is 5.90. The lowest BCUT2D eigenvalue weighted by Gasteiger charge is -2.28. The van der Waals surface area contributed by atoms with E-state index < -0.39 is 0 Å². The van der Waals surface area contributed by atoms with Crippen molar-refractivity contribution in [1.82, 2.24) is 4.98 Å². The summed E-state index contributed by atoms with van der Waals surface area (Å²) in [6.45, 7) is 4.77. The third-order valence-corrected chi connectivity index (χ3v) is 4.82. The van der Waals surface area contributed by atoms with Crippen molar-refractivity contribution in [2.75, 3.05) is 29.9 Å². The van der Waals surface area contributed by atoms with Gasteiger partial charge in [0, 0.05) is 43.3 Å². The molecular formula is C22H28N4O. The number of benzene rings is 2. The van der Waals surface area contributed by atoms with Gasteiger partial charge in [0.05, 0.1) is 11.2 Å². The molecule has 1 aromatic heterocycles. The standard InChI is InChI=1S/C22H28N4O/c1-17(10-11-21(23)27)16-26(19-7-3-2-4-8-19)15-14-24-20-9-5-6-18-12-13-25-22(18)20/h2-9,12-13,17,24-25H,10-11,14-16H2,1H3,(H2,23,27). The molecular weight excluding hydrogens is 336 g/mol. The number of nitrogens with zero attached hydrogens (tertiary/aromatic N) is 1. The van der Waals surface area contributed by atoms with E-state index in [1.807, 2.05) is 12.3 Å². The average Bonchev–Trinajstić information content (AvgIpc) is 3.16. The summed E-state index contributed by atoms with van der Waals surface area (Å²) in [7, 11) is 0. The third kappa shape index (κ3) is 5.26. The lowest BCUT2D eigenvalue weighted by Crippen LogP contribution is -2.33. The first kappa shape index (κ1) is 18.8. The van der Waals surface area contributed by atoms with Crippen LogP contribution in [-0.2, 0) is 4.79 Å². The monoisotopic (exact) mass is 364 g/mol. The summed E-state index contributed by atoms with van der Waals surface area (Å²) in [6.07, 6.45) is 3.22. The molecule has 4 N–H and O–H groups in total. The van der Waals surface area contributed by atoms with Crippen molar-refractivity contribution in [3.05, 3.63) is 60.8 Å². The molecule has 1 heterocycles. The zero-order valence-corrected chi connectivity index (χ0v) is 15.8. The van der Waals surface area contributed by atoms with Gasteiger partial charge in [-0.1, -0.05) is 37.3 Å². The van der Waals surface area contributed by atoms with Crippen molar-refractivity contribution in [3.8, 4) is 0 Å². The minimum atomic E-state index is -0.228. The zero-order valence-electron chi connectivity index (χ0n) is 15.8. The number of hydrogen-bond acceptors (Lipinski definition) is 3. The highest BCUT2D eigenvalue weighted by Gasteiger charge is 2.12. The van der Waals surface area contributed by atoms with E-state index in [0.717, 1.165) is 37.3 Å². The number of carbonyl (C=O) groups excluding carboxylic acids is 1. The number of para-hydroxylation sites is 2. The summed E-state index contributed by atoms with van der Waals surface area (Å²) in [6, 6.07) is 18.8. The highest BCUT2D eigenvalue weighted by atomic mass is 16.1. The van der Waals surface area contributed by atoms with E-state index in [0.29, 0.717) is 12.3 Å². The van der Waals surface area contributed by atoms with Gasteiger partial charge in [-0.25, -0.2) is 0 Å². The van der Waals surface area contributed by atoms with Gasteiger partial charge in [-0.2, -0.15) is 0 Å². The molecule has 3 rings (SSSR count). The van der Waals surface area contributed by atoms with Crippen LogP contribution in [0, 0.1) is 5.92 Å². The molecule has 0 radical (unpaired) electrons. The Morgan fingerprint density at radius 3 is 2.74 bits per heavy atom. The van der Waals surface area contributed by atoms with E-state index in [-0.39, 0.29) is 5.91 Å². The Balaban J connectivity index is 1.62. The van der Waals surface area contributed by atoms with E-state index in [1.165, 1.54) is 11.1 Å². The summed E-state index contributed by atoms with van der Waals surface area (Å²) in [4.78, 5) is 16.7. The van der Waals surface area contributed by atoms with Crippen molar-refractivity contribution in [1.29, 1.82) is 0 Å². The normalized spacial score (nSPS) is 12.0. The van der Waals surface area contributed by atoms with Crippen molar-refractivity contribution in [2.24, 2.45) is 11.7 Å². The number of H-pyrrole nitrogens is 1. The molecule has 0 spiro atoms. The van der Waals surface area contributed by atoms with Crippen molar-refractivity contribution < 1.29 is 4.79 Å². The molecule has 1 amide bonds. The van der Waals surface area contributed by atoms with Gasteiger partial charge < -0.3 is 20.9 Å². The number of primary amides is 1. The van der Waals surface area contributed by atoms with Gasteiger partial charge in [-0.15, -0.1) is 0 Å². The second-order valence-corrected chi connectivity index (χ2v) is 7.07. The first-order valence-corrected chi connectivity index (χ1v) is 9.52. The van der Waals surface area contributed by atoms with E-state index in [9.17, 15) is 4.79 Å². The van der Waals surface area contributed by atoms with Crippen molar-refractivity contribution >= 4 is 28.2 Å². The Kier molecular flexibility index (Phi) is 6.36. The molecule has 0 bridgehead atoms. The maximum atomic E-state index is 11.1. The van der Waals surface area contributed by atoms with Gasteiger partial charge in [0.2, 0.25) is 5.91 Å². The Hall–Kier alpha value is -2.95. The first-order chi connectivity index (χ1) is 13.1. The molecule has 142 valence electrons. The summed E-state index contributed by atoms with van der Waals surface area (Å²) in [5.41, 5.74) is 8.75. The number of rotatable bonds is 10. The number of anilines is 2. The van der Waals surface area contributed by atoms with Gasteiger partial charge in [-0.05, 0) is 36.6 Å². The maximum Gasteiger partial charge on any atom is 0.217 e. The first-order valence-electron chi connectivity index (χ1n) is 9.52. The van der Waals surface area contributed by atoms with Crippen LogP contribution in [0.2, 0.25) is 0 Å². The molecule has 2 aromatic carbocycles. The fourth-order valence-corrected chi connectivity index (χ4v) is 3.38. The van der Waals surface area contributed by atoms with Crippen molar-refractivity contribution in [2.45, 2.75) is 19.8 Å². The fourth-order valence-electron chi connectivity index (χ4n) is 3.38. The quantitative estimate of drug-likeness (QED) is 0.509. The number of fused-ring (bicyclic) bond motifs is 1. The van der Waals surface area contributed by atoms with Gasteiger partial charge in [0.1, 0.15) is 0 Å². The smallest absolute Gasteiger partial charge is 0.217 e. The van der Waals surface area contributed by atoms with Crippen LogP contribution in [0.25, 0.3) is 10.9 Å². The Bertz CT molecular complexity index is 859. The number of aromatic amines is 1. The lowest BCUT2D eigenvalue weighted by molar-refractivity contribution is -0.118. The Morgan fingerprint density at radius 2 is 1.96 bits per heavy atom. The van der Waals surface area contributed by atoms with Crippen LogP contribution in [0.3, 0.4) is 0 Å². The maximum absolute atomic E-state index is 11.1. The largest absolute Gasteiger partial charge is 0.382 e. The van der Waals surface area contributed by atoms with Crippen LogP contribution < -0.4 is 16.0 Å². The predicted octanol–water partition coefficient (Wildman–Crippen LogP) is 3.99. The number of aromatic nitrogens is 1. The summed E-state index contributed by atoms with van der Waals surface area (Å²) in [5.74, 6) is 0.165. The molecule has 1 unspecified atom stereocenters. The Labute approximate surface area is 160 Å². The van der Waals surface area contributed by atoms with Crippen LogP contribution >= 0.6 is 0 Å². The topological polar surface area (TPSA) is 74.2 Å². The number of amides is 1. The van der Waals surface area contributed by atoms with E-state index >= 15 is 0 Å². The van der Waals surface area contributed by atoms with Gasteiger partial charge in [0.25, 0.3) is 0 Å². The van der Waals surface area contributed by atoms with Gasteiger partial charge in [-0.3, -0.25) is 4.79 Å². The average molecular weight is 364 g/mol. The van der Waals surface area contributed by atoms with Crippen LogP contribution in [0.5, 0.6) is 0 Å². The molecule has 5 nitrogen and oxygen atoms in total. The molecule has 0 aliphatic carbocycles. The third-order valence-electron chi connectivity index (χ3n) is 4.82. The Morgan fingerprint density at radius 1 is 1.15 bits per heavy atom. The SMILES string of the molecule is CC(CCC(N)=O)CN(CCNc1cccc2cc[nH]c12)c1ccccc1. The predicted molar refractivity (Wildman–Crippen MR) is 113 cm³/mol. The van der Waals surface area contributed by atoms with E-state index in [4.69, 9.17) is 5.73 Å². The zero-order chi connectivity index (χ0) is 19.1. The molecule has 0 fully saturated rings. The second-order valence-electron chi connectivity index (χ2n) is 7.07. The molecule has 0 aliphatic rings. The molecule has 3 aromatic rings. The van der Waals surface area contributed by atoms with Crippen LogP contribution in [0.15, 0.2) is 60.8 Å². The molecule has 0 saturated carbocycles. The number of nitrogens with two attached hydrogens (primary N) is 1. The fraction of sp³-hybridized carbons (Fsp3) is 0.318. The summed E-state index contributed by atoms with van der Waals surface area (Å²) < 4.78 is 0. The van der Waals surface area contributed by atoms with E-state index in [1.54, 1.807) is 0 Å². The molecule has 1 atom stereocenters. The molecule has 0 saturated heterocycles. The molecule has 0 aliphatic heterocycles. The molecule has 5 heteroatoms. The highest BCUT2D eigenvalue weighted by Crippen LogP contribution is 2.22. The van der Waals surface area contributed by atoms with E-state index in [2.05, 4.69) is 70.7 Å². The number of carbonyl (C=O) groups is 1. The van der Waals surface area contributed by atoms with Crippen molar-refractivity contribution in [3.63, 3.8) is 0 Å². The minimum Gasteiger partial charge on any atom is -0.382 e. The van der Waals surface area contributed by atoms with Crippen LogP contribution in [0.4, 0.5) is 11.4 Å². The lowest BCUT2D eigenvalue weighted by atomic mass is 10.0. The summed E-state index contributed by atoms with van der Waals surface area (Å²) in [5, 5.41) is 4.76. The van der Waals surface area contributed by atoms with Crippen LogP contribution in [-0.4, -0.2) is 30.5 Å². The minimum absolute atomic E-state index is 0.228. The van der Waals surface area contributed by atoms with Crippen LogP contribution in [0.1, 0.15) is 19.8 Å². The molecule has 27 heavy (non-hydrogen) atoms.